The van der Waals surface area contributed by atoms with Gasteiger partial charge in [-0.1, -0.05) is 18.0 Å². The van der Waals surface area contributed by atoms with Crippen molar-refractivity contribution in [2.45, 2.75) is 32.2 Å². The third-order valence-corrected chi connectivity index (χ3v) is 3.62. The van der Waals surface area contributed by atoms with E-state index in [1.165, 1.54) is 19.3 Å². The fraction of sp³-hybridized carbons (Fsp3) is 0.462. The number of nitrogens with one attached hydrogen (secondary N) is 1. The Morgan fingerprint density at radius 1 is 1.47 bits per heavy atom. The van der Waals surface area contributed by atoms with E-state index in [2.05, 4.69) is 12.2 Å². The molecule has 3 nitrogen and oxygen atoms in total. The molecule has 1 aliphatic carbocycles. The second-order valence-electron chi connectivity index (χ2n) is 4.73. The van der Waals surface area contributed by atoms with Crippen LogP contribution in [-0.4, -0.2) is 11.9 Å². The molecule has 1 atom stereocenters. The number of anilines is 1. The maximum Gasteiger partial charge on any atom is 0.251 e. The van der Waals surface area contributed by atoms with E-state index in [9.17, 15) is 4.79 Å². The molecule has 17 heavy (non-hydrogen) atoms. The van der Waals surface area contributed by atoms with Crippen molar-refractivity contribution >= 4 is 23.2 Å². The summed E-state index contributed by atoms with van der Waals surface area (Å²) in [6.45, 7) is 2.05. The van der Waals surface area contributed by atoms with Crippen LogP contribution < -0.4 is 11.1 Å². The summed E-state index contributed by atoms with van der Waals surface area (Å²) in [5.41, 5.74) is 6.70. The number of benzene rings is 1. The van der Waals surface area contributed by atoms with Crippen molar-refractivity contribution in [3.8, 4) is 0 Å². The van der Waals surface area contributed by atoms with E-state index in [0.29, 0.717) is 22.2 Å². The van der Waals surface area contributed by atoms with Gasteiger partial charge in [-0.05, 0) is 43.9 Å². The van der Waals surface area contributed by atoms with E-state index in [1.807, 2.05) is 0 Å². The molecule has 1 fully saturated rings. The molecule has 0 saturated heterocycles. The van der Waals surface area contributed by atoms with Crippen LogP contribution >= 0.6 is 11.6 Å². The molecule has 1 aromatic rings. The van der Waals surface area contributed by atoms with Crippen LogP contribution in [0.1, 0.15) is 36.5 Å². The van der Waals surface area contributed by atoms with Crippen LogP contribution in [0.4, 0.5) is 5.69 Å². The fourth-order valence-electron chi connectivity index (χ4n) is 2.09. The molecule has 1 aliphatic rings. The lowest BCUT2D eigenvalue weighted by Gasteiger charge is -2.31. The summed E-state index contributed by atoms with van der Waals surface area (Å²) < 4.78 is 0. The monoisotopic (exact) mass is 252 g/mol. The minimum atomic E-state index is -0.0985. The first-order valence-corrected chi connectivity index (χ1v) is 6.31. The summed E-state index contributed by atoms with van der Waals surface area (Å²) in [5.74, 6) is 0.522. The number of rotatable bonds is 3. The third kappa shape index (κ3) is 2.91. The molecule has 0 aromatic heterocycles. The summed E-state index contributed by atoms with van der Waals surface area (Å²) in [4.78, 5) is 12.0. The van der Waals surface area contributed by atoms with Gasteiger partial charge in [-0.2, -0.15) is 0 Å². The molecule has 92 valence electrons. The van der Waals surface area contributed by atoms with Crippen LogP contribution in [-0.2, 0) is 0 Å². The molecule has 0 aliphatic heterocycles. The van der Waals surface area contributed by atoms with Crippen molar-refractivity contribution < 1.29 is 4.79 Å². The summed E-state index contributed by atoms with van der Waals surface area (Å²) >= 11 is 5.87. The lowest BCUT2D eigenvalue weighted by atomic mass is 9.80. The lowest BCUT2D eigenvalue weighted by Crippen LogP contribution is -2.40. The first kappa shape index (κ1) is 12.2. The highest BCUT2D eigenvalue weighted by Crippen LogP contribution is 2.29. The van der Waals surface area contributed by atoms with Gasteiger partial charge in [0, 0.05) is 22.3 Å². The van der Waals surface area contributed by atoms with Gasteiger partial charge in [0.1, 0.15) is 0 Å². The molecule has 4 heteroatoms. The number of hydrogen-bond acceptors (Lipinski definition) is 2. The molecule has 2 rings (SSSR count). The van der Waals surface area contributed by atoms with Gasteiger partial charge in [0.2, 0.25) is 0 Å². The normalized spacial score (nSPS) is 17.3. The summed E-state index contributed by atoms with van der Waals surface area (Å²) in [6, 6.07) is 5.14. The Morgan fingerprint density at radius 3 is 2.71 bits per heavy atom. The SMILES string of the molecule is CC(NC(=O)c1cc(N)cc(Cl)c1)C1CCC1. The van der Waals surface area contributed by atoms with Crippen LogP contribution in [0.2, 0.25) is 5.02 Å². The van der Waals surface area contributed by atoms with Gasteiger partial charge in [0.25, 0.3) is 5.91 Å². The van der Waals surface area contributed by atoms with Gasteiger partial charge in [-0.15, -0.1) is 0 Å². The first-order valence-electron chi connectivity index (χ1n) is 5.93. The van der Waals surface area contributed by atoms with Gasteiger partial charge in [0.05, 0.1) is 0 Å². The number of halogens is 1. The van der Waals surface area contributed by atoms with Crippen molar-refractivity contribution in [1.29, 1.82) is 0 Å². The van der Waals surface area contributed by atoms with Crippen LogP contribution in [0, 0.1) is 5.92 Å². The van der Waals surface area contributed by atoms with Crippen molar-refractivity contribution in [3.63, 3.8) is 0 Å². The zero-order valence-electron chi connectivity index (χ0n) is 9.87. The van der Waals surface area contributed by atoms with E-state index in [-0.39, 0.29) is 11.9 Å². The highest BCUT2D eigenvalue weighted by molar-refractivity contribution is 6.31. The number of carbonyl (C=O) groups is 1. The van der Waals surface area contributed by atoms with E-state index in [1.54, 1.807) is 18.2 Å². The Kier molecular flexibility index (Phi) is 3.57. The Balaban J connectivity index is 2.03. The van der Waals surface area contributed by atoms with E-state index in [4.69, 9.17) is 17.3 Å². The first-order chi connectivity index (χ1) is 8.06. The van der Waals surface area contributed by atoms with Gasteiger partial charge in [0.15, 0.2) is 0 Å². The van der Waals surface area contributed by atoms with Crippen molar-refractivity contribution in [2.75, 3.05) is 5.73 Å². The van der Waals surface area contributed by atoms with Crippen molar-refractivity contribution in [2.24, 2.45) is 5.92 Å². The Labute approximate surface area is 106 Å². The minimum absolute atomic E-state index is 0.0985. The zero-order chi connectivity index (χ0) is 12.4. The minimum Gasteiger partial charge on any atom is -0.399 e. The number of nitrogen functional groups attached to an aromatic ring is 1. The zero-order valence-corrected chi connectivity index (χ0v) is 10.6. The number of amides is 1. The predicted octanol–water partition coefficient (Wildman–Crippen LogP) is 2.84. The highest BCUT2D eigenvalue weighted by atomic mass is 35.5. The number of carbonyl (C=O) groups excluding carboxylic acids is 1. The van der Waals surface area contributed by atoms with Gasteiger partial charge in [-0.3, -0.25) is 4.79 Å². The second kappa shape index (κ2) is 4.96. The van der Waals surface area contributed by atoms with Crippen LogP contribution in [0.15, 0.2) is 18.2 Å². The Morgan fingerprint density at radius 2 is 2.18 bits per heavy atom. The van der Waals surface area contributed by atoms with Crippen molar-refractivity contribution in [3.05, 3.63) is 28.8 Å². The van der Waals surface area contributed by atoms with E-state index >= 15 is 0 Å². The highest BCUT2D eigenvalue weighted by Gasteiger charge is 2.25. The molecule has 1 saturated carbocycles. The smallest absolute Gasteiger partial charge is 0.251 e. The summed E-state index contributed by atoms with van der Waals surface area (Å²) in [7, 11) is 0. The molecule has 0 spiro atoms. The Bertz CT molecular complexity index is 409. The van der Waals surface area contributed by atoms with Gasteiger partial charge < -0.3 is 11.1 Å². The molecular weight excluding hydrogens is 236 g/mol. The topological polar surface area (TPSA) is 55.1 Å². The average Bonchev–Trinajstić information content (AvgIpc) is 2.12. The van der Waals surface area contributed by atoms with Gasteiger partial charge in [-0.25, -0.2) is 0 Å². The standard InChI is InChI=1S/C13H17ClN2O/c1-8(9-3-2-4-9)16-13(17)10-5-11(14)7-12(15)6-10/h5-9H,2-4,15H2,1H3,(H,16,17). The van der Waals surface area contributed by atoms with Crippen LogP contribution in [0.5, 0.6) is 0 Å². The van der Waals surface area contributed by atoms with Crippen molar-refractivity contribution in [1.82, 2.24) is 5.32 Å². The maximum atomic E-state index is 12.0. The fourth-order valence-corrected chi connectivity index (χ4v) is 2.33. The molecule has 0 radical (unpaired) electrons. The Hall–Kier alpha value is -1.22. The molecule has 0 heterocycles. The largest absolute Gasteiger partial charge is 0.399 e. The lowest BCUT2D eigenvalue weighted by molar-refractivity contribution is 0.0909. The predicted molar refractivity (Wildman–Crippen MR) is 70.1 cm³/mol. The second-order valence-corrected chi connectivity index (χ2v) is 5.16. The third-order valence-electron chi connectivity index (χ3n) is 3.40. The molecule has 3 N–H and O–H groups in total. The van der Waals surface area contributed by atoms with E-state index < -0.39 is 0 Å². The number of hydrogen-bond donors (Lipinski definition) is 2. The maximum absolute atomic E-state index is 12.0. The summed E-state index contributed by atoms with van der Waals surface area (Å²) in [6.07, 6.45) is 3.69. The quantitative estimate of drug-likeness (QED) is 0.813. The summed E-state index contributed by atoms with van der Waals surface area (Å²) in [5, 5.41) is 3.49. The molecule has 1 unspecified atom stereocenters. The molecule has 1 amide bonds. The van der Waals surface area contributed by atoms with Crippen LogP contribution in [0.3, 0.4) is 0 Å². The molecular formula is C13H17ClN2O. The van der Waals surface area contributed by atoms with Crippen LogP contribution in [0.25, 0.3) is 0 Å². The van der Waals surface area contributed by atoms with E-state index in [0.717, 1.165) is 0 Å². The molecule has 1 aromatic carbocycles. The number of nitrogens with two attached hydrogens (primary N) is 1. The van der Waals surface area contributed by atoms with Gasteiger partial charge >= 0.3 is 0 Å². The molecule has 0 bridgehead atoms. The average molecular weight is 253 g/mol.